The number of hydrogen-bond acceptors (Lipinski definition) is 6. The number of aliphatic imine (C=N–C) groups is 1. The van der Waals surface area contributed by atoms with Gasteiger partial charge in [-0.2, -0.15) is 0 Å². The normalized spacial score (nSPS) is 15.2. The fourth-order valence-corrected chi connectivity index (χ4v) is 5.40. The molecule has 208 valence electrons. The lowest BCUT2D eigenvalue weighted by Crippen LogP contribution is -2.30. The molecule has 0 saturated carbocycles. The zero-order valence-corrected chi connectivity index (χ0v) is 24.3. The number of halogens is 1. The number of nitrogens with zero attached hydrogens (tertiary/aromatic N) is 2. The fourth-order valence-electron chi connectivity index (χ4n) is 4.19. The van der Waals surface area contributed by atoms with Gasteiger partial charge in [-0.05, 0) is 73.5 Å². The van der Waals surface area contributed by atoms with Crippen LogP contribution in [0.4, 0.5) is 5.69 Å². The molecule has 0 bridgehead atoms. The fraction of sp³-hybridized carbons (Fsp3) is 0.250. The molecule has 0 aliphatic carbocycles. The van der Waals surface area contributed by atoms with Crippen LogP contribution < -0.4 is 9.47 Å². The number of allylic oxidation sites excluding steroid dienone is 1. The van der Waals surface area contributed by atoms with Crippen molar-refractivity contribution in [2.45, 2.75) is 26.4 Å². The quantitative estimate of drug-likeness (QED) is 0.119. The molecule has 0 atom stereocenters. The van der Waals surface area contributed by atoms with E-state index in [9.17, 15) is 4.79 Å². The van der Waals surface area contributed by atoms with Crippen molar-refractivity contribution < 1.29 is 19.0 Å². The third-order valence-electron chi connectivity index (χ3n) is 6.05. The van der Waals surface area contributed by atoms with Gasteiger partial charge in [-0.1, -0.05) is 54.1 Å². The minimum absolute atomic E-state index is 0.0851. The summed E-state index contributed by atoms with van der Waals surface area (Å²) in [5.74, 6) is 1.16. The van der Waals surface area contributed by atoms with Crippen LogP contribution in [0.1, 0.15) is 30.0 Å². The molecule has 0 N–H and O–H groups in total. The molecular weight excluding hydrogens is 544 g/mol. The van der Waals surface area contributed by atoms with Crippen molar-refractivity contribution >= 4 is 46.2 Å². The molecular formula is C32H33ClN2O4S. The number of carbonyl (C=O) groups excluding carboxylic acids is 1. The van der Waals surface area contributed by atoms with Crippen LogP contribution in [0.2, 0.25) is 5.02 Å². The van der Waals surface area contributed by atoms with Crippen LogP contribution >= 0.6 is 23.4 Å². The Hall–Kier alpha value is -3.52. The summed E-state index contributed by atoms with van der Waals surface area (Å²) in [5.41, 5.74) is 3.42. The highest BCUT2D eigenvalue weighted by Crippen LogP contribution is 2.38. The molecule has 0 unspecified atom stereocenters. The largest absolute Gasteiger partial charge is 0.490 e. The molecule has 1 heterocycles. The van der Waals surface area contributed by atoms with Crippen molar-refractivity contribution in [3.63, 3.8) is 0 Å². The molecule has 1 fully saturated rings. The predicted molar refractivity (Wildman–Crippen MR) is 165 cm³/mol. The van der Waals surface area contributed by atoms with Crippen molar-refractivity contribution in [1.29, 1.82) is 0 Å². The van der Waals surface area contributed by atoms with Crippen LogP contribution in [0, 0.1) is 0 Å². The SMILES string of the molecule is C=CCc1cc(/C=C2\SC(=Nc3ccccc3)N(CCCOC)C2=O)cc(OCC)c1OCc1ccccc1Cl. The van der Waals surface area contributed by atoms with Crippen LogP contribution in [0.5, 0.6) is 11.5 Å². The maximum absolute atomic E-state index is 13.5. The molecule has 0 aromatic heterocycles. The first kappa shape index (κ1) is 29.5. The topological polar surface area (TPSA) is 60.4 Å². The minimum Gasteiger partial charge on any atom is -0.490 e. The van der Waals surface area contributed by atoms with Gasteiger partial charge < -0.3 is 14.2 Å². The van der Waals surface area contributed by atoms with Crippen LogP contribution in [0.15, 0.2) is 89.3 Å². The van der Waals surface area contributed by atoms with Gasteiger partial charge in [-0.25, -0.2) is 4.99 Å². The van der Waals surface area contributed by atoms with E-state index >= 15 is 0 Å². The summed E-state index contributed by atoms with van der Waals surface area (Å²) >= 11 is 7.72. The Morgan fingerprint density at radius 3 is 2.55 bits per heavy atom. The van der Waals surface area contributed by atoms with Gasteiger partial charge in [0.05, 0.1) is 17.2 Å². The Morgan fingerprint density at radius 2 is 1.82 bits per heavy atom. The van der Waals surface area contributed by atoms with E-state index in [0.29, 0.717) is 65.8 Å². The molecule has 1 saturated heterocycles. The number of ether oxygens (including phenoxy) is 3. The molecule has 3 aromatic rings. The van der Waals surface area contributed by atoms with Crippen molar-refractivity contribution in [3.05, 3.63) is 106 Å². The van der Waals surface area contributed by atoms with Gasteiger partial charge in [0.1, 0.15) is 6.61 Å². The smallest absolute Gasteiger partial charge is 0.266 e. The zero-order chi connectivity index (χ0) is 28.3. The second-order valence-corrected chi connectivity index (χ2v) is 10.4. The van der Waals surface area contributed by atoms with E-state index in [1.54, 1.807) is 12.0 Å². The third kappa shape index (κ3) is 7.56. The number of thioether (sulfide) groups is 1. The molecule has 1 aliphatic rings. The van der Waals surface area contributed by atoms with Crippen LogP contribution in [-0.2, 0) is 22.6 Å². The van der Waals surface area contributed by atoms with Gasteiger partial charge in [-0.3, -0.25) is 9.69 Å². The molecule has 1 amide bonds. The molecule has 1 aliphatic heterocycles. The van der Waals surface area contributed by atoms with Crippen LogP contribution in [0.3, 0.4) is 0 Å². The number of rotatable bonds is 13. The van der Waals surface area contributed by atoms with Gasteiger partial charge >= 0.3 is 0 Å². The average molecular weight is 577 g/mol. The average Bonchev–Trinajstić information content (AvgIpc) is 3.23. The van der Waals surface area contributed by atoms with E-state index < -0.39 is 0 Å². The Balaban J connectivity index is 1.67. The highest BCUT2D eigenvalue weighted by Gasteiger charge is 2.33. The minimum atomic E-state index is -0.0851. The highest BCUT2D eigenvalue weighted by atomic mass is 35.5. The van der Waals surface area contributed by atoms with E-state index in [0.717, 1.165) is 22.4 Å². The molecule has 6 nitrogen and oxygen atoms in total. The number of amides is 1. The summed E-state index contributed by atoms with van der Waals surface area (Å²) in [4.78, 5) is 20.6. The number of benzene rings is 3. The first-order chi connectivity index (χ1) is 19.5. The number of hydrogen-bond donors (Lipinski definition) is 0. The van der Waals surface area contributed by atoms with Crippen molar-refractivity contribution in [2.75, 3.05) is 26.9 Å². The van der Waals surface area contributed by atoms with Gasteiger partial charge in [0.2, 0.25) is 0 Å². The Labute approximate surface area is 245 Å². The summed E-state index contributed by atoms with van der Waals surface area (Å²) in [6.45, 7) is 7.69. The van der Waals surface area contributed by atoms with E-state index in [2.05, 4.69) is 6.58 Å². The molecule has 3 aromatic carbocycles. The molecule has 40 heavy (non-hydrogen) atoms. The second-order valence-electron chi connectivity index (χ2n) is 8.96. The summed E-state index contributed by atoms with van der Waals surface area (Å²) in [6.07, 6.45) is 4.98. The van der Waals surface area contributed by atoms with E-state index in [-0.39, 0.29) is 5.91 Å². The van der Waals surface area contributed by atoms with Crippen LogP contribution in [0.25, 0.3) is 6.08 Å². The summed E-state index contributed by atoms with van der Waals surface area (Å²) in [5, 5.41) is 1.29. The highest BCUT2D eigenvalue weighted by molar-refractivity contribution is 8.18. The number of para-hydroxylation sites is 1. The number of carbonyl (C=O) groups is 1. The monoisotopic (exact) mass is 576 g/mol. The van der Waals surface area contributed by atoms with E-state index in [1.165, 1.54) is 11.8 Å². The van der Waals surface area contributed by atoms with E-state index in [1.807, 2.05) is 85.8 Å². The third-order valence-corrected chi connectivity index (χ3v) is 7.42. The Kier molecular flexibility index (Phi) is 10.9. The van der Waals surface area contributed by atoms with Crippen molar-refractivity contribution in [2.24, 2.45) is 4.99 Å². The summed E-state index contributed by atoms with van der Waals surface area (Å²) in [7, 11) is 1.66. The lowest BCUT2D eigenvalue weighted by Gasteiger charge is -2.17. The maximum atomic E-state index is 13.5. The van der Waals surface area contributed by atoms with Gasteiger partial charge in [0.15, 0.2) is 16.7 Å². The number of methoxy groups -OCH3 is 1. The Morgan fingerprint density at radius 1 is 1.05 bits per heavy atom. The first-order valence-corrected chi connectivity index (χ1v) is 14.3. The predicted octanol–water partition coefficient (Wildman–Crippen LogP) is 7.69. The zero-order valence-electron chi connectivity index (χ0n) is 22.8. The summed E-state index contributed by atoms with van der Waals surface area (Å²) in [6, 6.07) is 21.1. The van der Waals surface area contributed by atoms with Crippen molar-refractivity contribution in [3.8, 4) is 11.5 Å². The van der Waals surface area contributed by atoms with Crippen molar-refractivity contribution in [1.82, 2.24) is 4.90 Å². The molecule has 0 spiro atoms. The van der Waals surface area contributed by atoms with Gasteiger partial charge in [0.25, 0.3) is 5.91 Å². The lowest BCUT2D eigenvalue weighted by atomic mass is 10.0. The van der Waals surface area contributed by atoms with Crippen LogP contribution in [-0.4, -0.2) is 42.8 Å². The van der Waals surface area contributed by atoms with E-state index in [4.69, 9.17) is 30.8 Å². The molecule has 4 rings (SSSR count). The lowest BCUT2D eigenvalue weighted by molar-refractivity contribution is -0.122. The molecule has 0 radical (unpaired) electrons. The first-order valence-electron chi connectivity index (χ1n) is 13.1. The summed E-state index contributed by atoms with van der Waals surface area (Å²) < 4.78 is 17.5. The van der Waals surface area contributed by atoms with Gasteiger partial charge in [-0.15, -0.1) is 6.58 Å². The Bertz CT molecular complexity index is 1390. The maximum Gasteiger partial charge on any atom is 0.266 e. The molecule has 8 heteroatoms. The second kappa shape index (κ2) is 14.7. The number of amidine groups is 1. The standard InChI is InChI=1S/C32H33ClN2O4S/c1-4-12-24-19-23(20-28(38-5-2)30(24)39-22-25-13-9-10-16-27(25)33)21-29-31(36)35(17-11-18-37-3)32(40-29)34-26-14-7-6-8-15-26/h4,6-10,13-16,19-21H,1,5,11-12,17-18,22H2,2-3H3/b29-21-,34-32?. The van der Waals surface area contributed by atoms with Gasteiger partial charge in [0, 0.05) is 36.4 Å².